The molecule has 5 saturated carbocycles. The van der Waals surface area contributed by atoms with E-state index in [1.807, 2.05) is 0 Å². The summed E-state index contributed by atoms with van der Waals surface area (Å²) in [5.41, 5.74) is 21.9. The molecule has 318 valence electrons. The van der Waals surface area contributed by atoms with Crippen LogP contribution in [0.4, 0.5) is 34.1 Å². The molecular weight excluding hydrogens is 747 g/mol. The summed E-state index contributed by atoms with van der Waals surface area (Å²) in [6.07, 6.45) is 7.16. The van der Waals surface area contributed by atoms with Crippen LogP contribution >= 0.6 is 0 Å². The van der Waals surface area contributed by atoms with Gasteiger partial charge in [0.25, 0.3) is 6.71 Å². The van der Waals surface area contributed by atoms with Crippen LogP contribution in [-0.4, -0.2) is 6.71 Å². The van der Waals surface area contributed by atoms with Crippen LogP contribution in [0.25, 0.3) is 0 Å². The highest BCUT2D eigenvalue weighted by Crippen LogP contribution is 2.70. The van der Waals surface area contributed by atoms with Crippen LogP contribution in [-0.2, 0) is 21.7 Å². The zero-order valence-electron chi connectivity index (χ0n) is 39.8. The van der Waals surface area contributed by atoms with Gasteiger partial charge in [0, 0.05) is 34.1 Å². The van der Waals surface area contributed by atoms with Crippen LogP contribution in [0.5, 0.6) is 0 Å². The second kappa shape index (κ2) is 12.7. The van der Waals surface area contributed by atoms with Crippen molar-refractivity contribution in [2.24, 2.45) is 35.5 Å². The summed E-state index contributed by atoms with van der Waals surface area (Å²) >= 11 is 0. The molecule has 3 heteroatoms. The van der Waals surface area contributed by atoms with Crippen molar-refractivity contribution < 1.29 is 0 Å². The van der Waals surface area contributed by atoms with Gasteiger partial charge in [-0.3, -0.25) is 0 Å². The van der Waals surface area contributed by atoms with E-state index in [1.54, 1.807) is 22.1 Å². The van der Waals surface area contributed by atoms with Gasteiger partial charge in [0.2, 0.25) is 0 Å². The van der Waals surface area contributed by atoms with Crippen LogP contribution in [0, 0.1) is 35.5 Å². The summed E-state index contributed by atoms with van der Waals surface area (Å²) in [7, 11) is 0. The molecule has 0 N–H and O–H groups in total. The summed E-state index contributed by atoms with van der Waals surface area (Å²) in [5.74, 6) is 6.46. The van der Waals surface area contributed by atoms with Crippen molar-refractivity contribution in [3.8, 4) is 0 Å². The number of benzene rings is 5. The van der Waals surface area contributed by atoms with E-state index in [0.717, 1.165) is 35.5 Å². The molecular formula is C59H69BN2. The number of anilines is 6. The lowest BCUT2D eigenvalue weighted by Crippen LogP contribution is -2.66. The Morgan fingerprint density at radius 3 is 1.19 bits per heavy atom. The minimum Gasteiger partial charge on any atom is -0.311 e. The lowest BCUT2D eigenvalue weighted by molar-refractivity contribution is -0.131. The lowest BCUT2D eigenvalue weighted by atomic mass is 9.29. The van der Waals surface area contributed by atoms with Gasteiger partial charge in [-0.1, -0.05) is 126 Å². The first-order valence-corrected chi connectivity index (χ1v) is 24.6. The topological polar surface area (TPSA) is 6.48 Å². The second-order valence-electron chi connectivity index (χ2n) is 25.5. The summed E-state index contributed by atoms with van der Waals surface area (Å²) < 4.78 is 0. The van der Waals surface area contributed by atoms with Crippen molar-refractivity contribution in [3.63, 3.8) is 0 Å². The van der Waals surface area contributed by atoms with Gasteiger partial charge in [-0.25, -0.2) is 0 Å². The van der Waals surface area contributed by atoms with Crippen LogP contribution in [0.2, 0.25) is 0 Å². The third kappa shape index (κ3) is 5.54. The lowest BCUT2D eigenvalue weighted by Gasteiger charge is -2.66. The van der Waals surface area contributed by atoms with Gasteiger partial charge < -0.3 is 9.80 Å². The average Bonchev–Trinajstić information content (AvgIpc) is 3.21. The van der Waals surface area contributed by atoms with Gasteiger partial charge in [0.15, 0.2) is 0 Å². The molecule has 4 unspecified atom stereocenters. The number of nitrogens with zero attached hydrogens (tertiary/aromatic N) is 2. The normalized spacial score (nSPS) is 27.6. The maximum Gasteiger partial charge on any atom is 0.252 e. The van der Waals surface area contributed by atoms with Crippen LogP contribution in [0.15, 0.2) is 91.0 Å². The molecule has 0 radical (unpaired) electrons. The largest absolute Gasteiger partial charge is 0.311 e. The van der Waals surface area contributed by atoms with Crippen molar-refractivity contribution in [2.45, 2.75) is 149 Å². The van der Waals surface area contributed by atoms with E-state index < -0.39 is 0 Å². The van der Waals surface area contributed by atoms with E-state index >= 15 is 0 Å². The summed E-state index contributed by atoms with van der Waals surface area (Å²) in [5, 5.41) is 0. The Kier molecular flexibility index (Phi) is 8.08. The number of rotatable bonds is 2. The monoisotopic (exact) mass is 817 g/mol. The fourth-order valence-corrected chi connectivity index (χ4v) is 14.9. The molecule has 0 spiro atoms. The van der Waals surface area contributed by atoms with E-state index in [0.29, 0.717) is 11.8 Å². The molecule has 4 atom stereocenters. The first kappa shape index (κ1) is 39.4. The van der Waals surface area contributed by atoms with E-state index in [9.17, 15) is 0 Å². The SMILES string of the molecule is CC(C)(C)c1cc(N2c3cccc4c3B3c5c(cccc5N(c5cc(C(C)(C)C)cc(C(C)(C)C)c5)c5cccc2c53)C2C3CC5CC6C3CC4CC6C2C5)cc(C(C)(C)C)c1. The average molecular weight is 817 g/mol. The van der Waals surface area contributed by atoms with Crippen LogP contribution in [0.3, 0.4) is 0 Å². The van der Waals surface area contributed by atoms with Crippen molar-refractivity contribution in [3.05, 3.63) is 124 Å². The zero-order valence-corrected chi connectivity index (χ0v) is 39.8. The minimum absolute atomic E-state index is 0.00995. The third-order valence-electron chi connectivity index (χ3n) is 17.8. The Labute approximate surface area is 374 Å². The minimum atomic E-state index is 0.00995. The molecule has 0 amide bonds. The van der Waals surface area contributed by atoms with Gasteiger partial charge in [0.05, 0.1) is 0 Å². The highest BCUT2D eigenvalue weighted by atomic mass is 15.2. The van der Waals surface area contributed by atoms with Crippen molar-refractivity contribution in [1.82, 2.24) is 0 Å². The standard InChI is InChI=1S/C59H69BN2/c1-56(2,3)35-27-36(57(4,5)6)30-39(29-35)61-48-18-13-16-41-34-25-44-43-22-33-23-46(44)52(47(24-33)45(43)26-34)42-17-14-19-49-54(42)60(53(41)48)55-50(61)20-15-21-51(55)62(49)40-31-37(58(7,8)9)28-38(32-40)59(10,11)12/h13-21,27-34,43-47,52H,22-26H2,1-12H3. The molecule has 5 aromatic carbocycles. The molecule has 9 aliphatic rings. The first-order valence-electron chi connectivity index (χ1n) is 24.6. The molecule has 8 bridgehead atoms. The molecule has 0 saturated heterocycles. The van der Waals surface area contributed by atoms with Crippen LogP contribution < -0.4 is 26.2 Å². The Hall–Kier alpha value is -4.24. The van der Waals surface area contributed by atoms with E-state index in [2.05, 4.69) is 184 Å². The summed E-state index contributed by atoms with van der Waals surface area (Å²) in [4.78, 5) is 5.48. The Morgan fingerprint density at radius 1 is 0.403 bits per heavy atom. The second-order valence-corrected chi connectivity index (χ2v) is 25.5. The van der Waals surface area contributed by atoms with Crippen molar-refractivity contribution in [2.75, 3.05) is 9.80 Å². The quantitative estimate of drug-likeness (QED) is 0.160. The molecule has 62 heavy (non-hydrogen) atoms. The highest BCUT2D eigenvalue weighted by molar-refractivity contribution is 7.01. The maximum absolute atomic E-state index is 2.75. The first-order chi connectivity index (χ1) is 29.3. The molecule has 5 fully saturated rings. The maximum atomic E-state index is 2.75. The highest BCUT2D eigenvalue weighted by Gasteiger charge is 2.62. The number of hydrogen-bond acceptors (Lipinski definition) is 2. The summed E-state index contributed by atoms with van der Waals surface area (Å²) in [6, 6.07) is 37.7. The predicted molar refractivity (Wildman–Crippen MR) is 265 cm³/mol. The van der Waals surface area contributed by atoms with E-state index in [1.165, 1.54) is 93.9 Å². The van der Waals surface area contributed by atoms with Gasteiger partial charge >= 0.3 is 0 Å². The molecule has 14 rings (SSSR count). The van der Waals surface area contributed by atoms with Gasteiger partial charge in [-0.2, -0.15) is 0 Å². The Bertz CT molecular complexity index is 2590. The molecule has 2 nitrogen and oxygen atoms in total. The fraction of sp³-hybridized carbons (Fsp3) is 0.492. The third-order valence-corrected chi connectivity index (χ3v) is 17.8. The Balaban J connectivity index is 1.21. The van der Waals surface area contributed by atoms with Gasteiger partial charge in [-0.05, 0) is 199 Å². The van der Waals surface area contributed by atoms with Gasteiger partial charge in [0.1, 0.15) is 0 Å². The van der Waals surface area contributed by atoms with Gasteiger partial charge in [-0.15, -0.1) is 0 Å². The molecule has 5 aromatic rings. The van der Waals surface area contributed by atoms with Crippen molar-refractivity contribution in [1.29, 1.82) is 0 Å². The molecule has 0 aromatic heterocycles. The van der Waals surface area contributed by atoms with E-state index in [4.69, 9.17) is 0 Å². The molecule has 4 aliphatic heterocycles. The summed E-state index contributed by atoms with van der Waals surface area (Å²) in [6.45, 7) is 28.8. The Morgan fingerprint density at radius 2 is 0.758 bits per heavy atom. The molecule has 5 aliphatic carbocycles. The van der Waals surface area contributed by atoms with Crippen LogP contribution in [0.1, 0.15) is 160 Å². The molecule has 4 heterocycles. The smallest absolute Gasteiger partial charge is 0.252 e. The number of hydrogen-bond donors (Lipinski definition) is 0. The fourth-order valence-electron chi connectivity index (χ4n) is 14.9. The predicted octanol–water partition coefficient (Wildman–Crippen LogP) is 13.8. The zero-order chi connectivity index (χ0) is 43.2. The van der Waals surface area contributed by atoms with E-state index in [-0.39, 0.29) is 28.4 Å². The van der Waals surface area contributed by atoms with Crippen molar-refractivity contribution >= 4 is 57.2 Å².